The molecule has 0 aliphatic rings. The van der Waals surface area contributed by atoms with Crippen LogP contribution < -0.4 is 0 Å². The van der Waals surface area contributed by atoms with Crippen LogP contribution in [0.4, 0.5) is 4.39 Å². The van der Waals surface area contributed by atoms with Crippen LogP contribution in [0.25, 0.3) is 22.2 Å². The van der Waals surface area contributed by atoms with Crippen LogP contribution in [0.15, 0.2) is 36.7 Å². The van der Waals surface area contributed by atoms with E-state index in [4.69, 9.17) is 0 Å². The van der Waals surface area contributed by atoms with Gasteiger partial charge in [0, 0.05) is 11.6 Å². The average molecular weight is 336 g/mol. The van der Waals surface area contributed by atoms with Crippen LogP contribution >= 0.6 is 0 Å². The van der Waals surface area contributed by atoms with Crippen LogP contribution in [0, 0.1) is 11.3 Å². The van der Waals surface area contributed by atoms with Crippen LogP contribution in [-0.2, 0) is 11.8 Å². The van der Waals surface area contributed by atoms with Gasteiger partial charge < -0.3 is 0 Å². The third-order valence-corrected chi connectivity index (χ3v) is 4.85. The number of alkyl halides is 1. The predicted octanol–water partition coefficient (Wildman–Crippen LogP) is 4.72. The van der Waals surface area contributed by atoms with E-state index >= 15 is 0 Å². The molecule has 5 heteroatoms. The molecule has 0 aliphatic carbocycles. The molecule has 0 bridgehead atoms. The van der Waals surface area contributed by atoms with E-state index in [-0.39, 0.29) is 6.67 Å². The molecule has 2 aromatic heterocycles. The molecule has 128 valence electrons. The van der Waals surface area contributed by atoms with Crippen LogP contribution in [0.2, 0.25) is 0 Å². The lowest BCUT2D eigenvalue weighted by Gasteiger charge is -2.22. The first-order chi connectivity index (χ1) is 12.1. The number of fused-ring (bicyclic) bond motifs is 1. The molecule has 0 saturated carbocycles. The van der Waals surface area contributed by atoms with Gasteiger partial charge in [-0.15, -0.1) is 0 Å². The van der Waals surface area contributed by atoms with E-state index in [2.05, 4.69) is 33.4 Å². The number of aromatic nitrogens is 3. The number of benzene rings is 1. The summed E-state index contributed by atoms with van der Waals surface area (Å²) in [7, 11) is 0. The normalized spacial score (nSPS) is 13.5. The molecule has 0 spiro atoms. The zero-order valence-electron chi connectivity index (χ0n) is 14.5. The van der Waals surface area contributed by atoms with E-state index in [1.807, 2.05) is 26.0 Å². The summed E-state index contributed by atoms with van der Waals surface area (Å²) in [5, 5.41) is 17.6. The van der Waals surface area contributed by atoms with E-state index in [0.717, 1.165) is 33.3 Å². The van der Waals surface area contributed by atoms with Gasteiger partial charge in [0.2, 0.25) is 0 Å². The Labute approximate surface area is 146 Å². The van der Waals surface area contributed by atoms with Crippen molar-refractivity contribution in [1.29, 1.82) is 5.26 Å². The zero-order chi connectivity index (χ0) is 17.9. The van der Waals surface area contributed by atoms with E-state index in [1.54, 1.807) is 12.4 Å². The maximum absolute atomic E-state index is 12.7. The number of H-pyrrole nitrogens is 1. The van der Waals surface area contributed by atoms with Crippen molar-refractivity contribution in [3.05, 3.63) is 47.8 Å². The van der Waals surface area contributed by atoms with Gasteiger partial charge in [0.05, 0.1) is 24.4 Å². The summed E-state index contributed by atoms with van der Waals surface area (Å²) in [4.78, 5) is 4.28. The summed E-state index contributed by atoms with van der Waals surface area (Å²) in [6, 6.07) is 10.6. The summed E-state index contributed by atoms with van der Waals surface area (Å²) < 4.78 is 12.7. The van der Waals surface area contributed by atoms with Gasteiger partial charge in [-0.1, -0.05) is 19.1 Å². The minimum absolute atomic E-state index is 0.343. The Kier molecular flexibility index (Phi) is 4.80. The first-order valence-electron chi connectivity index (χ1n) is 8.51. The Hall–Kier alpha value is -2.74. The molecule has 2 heterocycles. The summed E-state index contributed by atoms with van der Waals surface area (Å²) in [5.41, 5.74) is 4.20. The Morgan fingerprint density at radius 3 is 2.88 bits per heavy atom. The first-order valence-corrected chi connectivity index (χ1v) is 8.51. The highest BCUT2D eigenvalue weighted by atomic mass is 19.1. The van der Waals surface area contributed by atoms with Crippen molar-refractivity contribution in [1.82, 2.24) is 15.2 Å². The van der Waals surface area contributed by atoms with Crippen molar-refractivity contribution in [2.45, 2.75) is 38.5 Å². The molecule has 4 nitrogen and oxygen atoms in total. The lowest BCUT2D eigenvalue weighted by Crippen LogP contribution is -2.18. The number of hydrogen-bond acceptors (Lipinski definition) is 3. The second-order valence-electron chi connectivity index (χ2n) is 6.50. The summed E-state index contributed by atoms with van der Waals surface area (Å²) >= 11 is 0. The van der Waals surface area contributed by atoms with Crippen molar-refractivity contribution in [2.24, 2.45) is 0 Å². The molecule has 1 unspecified atom stereocenters. The van der Waals surface area contributed by atoms with E-state index in [0.29, 0.717) is 19.3 Å². The fourth-order valence-corrected chi connectivity index (χ4v) is 3.03. The third-order valence-electron chi connectivity index (χ3n) is 4.85. The fraction of sp³-hybridized carbons (Fsp3) is 0.350. The van der Waals surface area contributed by atoms with Crippen molar-refractivity contribution in [3.8, 4) is 17.2 Å². The van der Waals surface area contributed by atoms with Crippen LogP contribution in [0.1, 0.15) is 37.8 Å². The minimum Gasteiger partial charge on any atom is -0.261 e. The van der Waals surface area contributed by atoms with Crippen LogP contribution in [0.3, 0.4) is 0 Å². The maximum Gasteiger partial charge on any atom is 0.155 e. The summed E-state index contributed by atoms with van der Waals surface area (Å²) in [5.74, 6) is 0. The number of pyridine rings is 1. The Morgan fingerprint density at radius 2 is 2.16 bits per heavy atom. The zero-order valence-corrected chi connectivity index (χ0v) is 14.5. The molecule has 1 atom stereocenters. The number of hydrogen-bond donors (Lipinski definition) is 1. The number of aromatic amines is 1. The van der Waals surface area contributed by atoms with Gasteiger partial charge in [-0.3, -0.25) is 9.49 Å². The van der Waals surface area contributed by atoms with Gasteiger partial charge in [-0.05, 0) is 60.6 Å². The van der Waals surface area contributed by atoms with Gasteiger partial charge in [0.25, 0.3) is 0 Å². The van der Waals surface area contributed by atoms with Gasteiger partial charge in [0.15, 0.2) is 5.65 Å². The molecule has 0 aliphatic heterocycles. The Bertz CT molecular complexity index is 925. The highest BCUT2D eigenvalue weighted by Gasteiger charge is 2.25. The molecule has 1 N–H and O–H groups in total. The molecule has 0 fully saturated rings. The largest absolute Gasteiger partial charge is 0.261 e. The van der Waals surface area contributed by atoms with Gasteiger partial charge in [0.1, 0.15) is 0 Å². The topological polar surface area (TPSA) is 65.4 Å². The highest BCUT2D eigenvalue weighted by Crippen LogP contribution is 2.34. The minimum atomic E-state index is -0.566. The third kappa shape index (κ3) is 3.25. The lowest BCUT2D eigenvalue weighted by molar-refractivity contribution is 0.473. The smallest absolute Gasteiger partial charge is 0.155 e. The summed E-state index contributed by atoms with van der Waals surface area (Å²) in [6.07, 6.45) is 5.35. The molecule has 0 saturated heterocycles. The van der Waals surface area contributed by atoms with E-state index < -0.39 is 5.41 Å². The molecule has 25 heavy (non-hydrogen) atoms. The van der Waals surface area contributed by atoms with Gasteiger partial charge >= 0.3 is 0 Å². The number of rotatable bonds is 6. The van der Waals surface area contributed by atoms with Gasteiger partial charge in [-0.2, -0.15) is 10.4 Å². The quantitative estimate of drug-likeness (QED) is 0.708. The Balaban J connectivity index is 2.19. The molecule has 0 amide bonds. The number of nitriles is 1. The monoisotopic (exact) mass is 336 g/mol. The SMILES string of the molecule is CCC(C)(C#N)c1cc(CCCF)cc(-c2ccnc3[nH]ncc23)c1. The maximum atomic E-state index is 12.7. The second kappa shape index (κ2) is 7.02. The highest BCUT2D eigenvalue weighted by molar-refractivity contribution is 5.92. The molecule has 1 aromatic carbocycles. The Morgan fingerprint density at radius 1 is 1.32 bits per heavy atom. The first kappa shape index (κ1) is 17.1. The van der Waals surface area contributed by atoms with Crippen LogP contribution in [0.5, 0.6) is 0 Å². The molecular weight excluding hydrogens is 315 g/mol. The predicted molar refractivity (Wildman–Crippen MR) is 96.9 cm³/mol. The number of halogens is 1. The van der Waals surface area contributed by atoms with Gasteiger partial charge in [-0.25, -0.2) is 4.98 Å². The van der Waals surface area contributed by atoms with Crippen LogP contribution in [-0.4, -0.2) is 21.9 Å². The van der Waals surface area contributed by atoms with Crippen molar-refractivity contribution in [2.75, 3.05) is 6.67 Å². The average Bonchev–Trinajstić information content (AvgIpc) is 3.14. The standard InChI is InChI=1S/C20H21FN4/c1-3-20(2,13-22)16-10-14(5-4-7-21)9-15(11-16)17-6-8-23-19-18(17)12-24-25-19/h6,8-12H,3-5,7H2,1-2H3,(H,23,24,25). The number of nitrogens with zero attached hydrogens (tertiary/aromatic N) is 3. The molecule has 3 aromatic rings. The molecule has 3 rings (SSSR count). The number of aryl methyl sites for hydroxylation is 1. The lowest BCUT2D eigenvalue weighted by atomic mass is 9.79. The summed E-state index contributed by atoms with van der Waals surface area (Å²) in [6.45, 7) is 3.62. The van der Waals surface area contributed by atoms with Crippen molar-refractivity contribution in [3.63, 3.8) is 0 Å². The van der Waals surface area contributed by atoms with Crippen molar-refractivity contribution >= 4 is 11.0 Å². The fourth-order valence-electron chi connectivity index (χ4n) is 3.03. The second-order valence-corrected chi connectivity index (χ2v) is 6.50. The molecule has 0 radical (unpaired) electrons. The van der Waals surface area contributed by atoms with E-state index in [9.17, 15) is 9.65 Å². The number of nitrogens with one attached hydrogen (secondary N) is 1. The molecular formula is C20H21FN4. The van der Waals surface area contributed by atoms with E-state index in [1.165, 1.54) is 0 Å². The van der Waals surface area contributed by atoms with Crippen molar-refractivity contribution < 1.29 is 4.39 Å².